The molecule has 1 aromatic heterocycles. The Labute approximate surface area is 179 Å². The Bertz CT molecular complexity index is 1090. The molecule has 1 N–H and O–H groups in total. The van der Waals surface area contributed by atoms with Gasteiger partial charge in [-0.15, -0.1) is 0 Å². The van der Waals surface area contributed by atoms with Crippen molar-refractivity contribution in [2.45, 2.75) is 20.0 Å². The molecule has 0 aliphatic carbocycles. The predicted molar refractivity (Wildman–Crippen MR) is 121 cm³/mol. The summed E-state index contributed by atoms with van der Waals surface area (Å²) in [7, 11) is 0. The Morgan fingerprint density at radius 3 is 2.73 bits per heavy atom. The highest BCUT2D eigenvalue weighted by Gasteiger charge is 2.14. The zero-order valence-corrected chi connectivity index (χ0v) is 17.7. The van der Waals surface area contributed by atoms with E-state index in [1.54, 1.807) is 22.9 Å². The van der Waals surface area contributed by atoms with Gasteiger partial charge < -0.3 is 9.88 Å². The molecule has 1 aliphatic heterocycles. The number of nitro groups is 1. The molecule has 1 saturated heterocycles. The number of benzene rings is 2. The van der Waals surface area contributed by atoms with E-state index in [1.165, 1.54) is 29.2 Å². The van der Waals surface area contributed by atoms with E-state index in [9.17, 15) is 14.9 Å². The van der Waals surface area contributed by atoms with Crippen LogP contribution >= 0.6 is 11.8 Å². The smallest absolute Gasteiger partial charge is 0.270 e. The van der Waals surface area contributed by atoms with Gasteiger partial charge in [-0.25, -0.2) is 0 Å². The summed E-state index contributed by atoms with van der Waals surface area (Å²) in [6.45, 7) is 5.22. The number of non-ortho nitro benzene ring substituents is 1. The number of anilines is 1. The average Bonchev–Trinajstić information content (AvgIpc) is 3.13. The van der Waals surface area contributed by atoms with E-state index in [4.69, 9.17) is 0 Å². The molecule has 156 valence electrons. The number of hydrogen-bond donors (Lipinski definition) is 1. The lowest BCUT2D eigenvalue weighted by molar-refractivity contribution is -0.384. The average molecular weight is 425 g/mol. The molecule has 0 unspecified atom stereocenters. The summed E-state index contributed by atoms with van der Waals surface area (Å²) in [6, 6.07) is 12.7. The summed E-state index contributed by atoms with van der Waals surface area (Å²) in [6.07, 6.45) is 1.78. The third-order valence-electron chi connectivity index (χ3n) is 5.37. The van der Waals surface area contributed by atoms with Gasteiger partial charge >= 0.3 is 0 Å². The van der Waals surface area contributed by atoms with Crippen molar-refractivity contribution in [3.05, 3.63) is 69.9 Å². The Morgan fingerprint density at radius 1 is 1.17 bits per heavy atom. The second-order valence-electron chi connectivity index (χ2n) is 7.53. The Kier molecular flexibility index (Phi) is 6.06. The lowest BCUT2D eigenvalue weighted by Gasteiger charge is -2.26. The third-order valence-corrected chi connectivity index (χ3v) is 6.31. The standard InChI is InChI=1S/C22H24N4O3S/c1-16-2-3-17(14-24-8-10-30-11-9-24)12-20(16)23-22(27)15-25-7-6-18-13-19(26(28)29)4-5-21(18)25/h2-7,12-13H,8-11,14-15H2,1H3,(H,23,27). The topological polar surface area (TPSA) is 80.4 Å². The minimum absolute atomic E-state index is 0.0458. The van der Waals surface area contributed by atoms with Crippen LogP contribution in [-0.2, 0) is 17.9 Å². The zero-order valence-electron chi connectivity index (χ0n) is 16.8. The maximum absolute atomic E-state index is 12.7. The van der Waals surface area contributed by atoms with Crippen LogP contribution in [-0.4, -0.2) is 44.9 Å². The van der Waals surface area contributed by atoms with Gasteiger partial charge in [0.2, 0.25) is 5.91 Å². The van der Waals surface area contributed by atoms with Crippen LogP contribution in [0.3, 0.4) is 0 Å². The second-order valence-corrected chi connectivity index (χ2v) is 8.75. The number of fused-ring (bicyclic) bond motifs is 1. The molecule has 0 radical (unpaired) electrons. The highest BCUT2D eigenvalue weighted by Crippen LogP contribution is 2.23. The molecule has 1 amide bonds. The molecule has 3 aromatic rings. The minimum Gasteiger partial charge on any atom is -0.338 e. The maximum atomic E-state index is 12.7. The van der Waals surface area contributed by atoms with Crippen LogP contribution in [0.5, 0.6) is 0 Å². The highest BCUT2D eigenvalue weighted by molar-refractivity contribution is 7.99. The molecule has 7 nitrogen and oxygen atoms in total. The van der Waals surface area contributed by atoms with Crippen molar-refractivity contribution < 1.29 is 9.72 Å². The minimum atomic E-state index is -0.415. The van der Waals surface area contributed by atoms with Crippen molar-refractivity contribution in [3.63, 3.8) is 0 Å². The SMILES string of the molecule is Cc1ccc(CN2CCSCC2)cc1NC(=O)Cn1ccc2cc([N+](=O)[O-])ccc21. The van der Waals surface area contributed by atoms with Gasteiger partial charge in [0.25, 0.3) is 5.69 Å². The number of carbonyl (C=O) groups is 1. The van der Waals surface area contributed by atoms with Crippen LogP contribution in [0.4, 0.5) is 11.4 Å². The third kappa shape index (κ3) is 4.66. The van der Waals surface area contributed by atoms with Crippen LogP contribution < -0.4 is 5.32 Å². The molecule has 2 aromatic carbocycles. The monoisotopic (exact) mass is 424 g/mol. The van der Waals surface area contributed by atoms with Crippen LogP contribution in [0, 0.1) is 17.0 Å². The number of aryl methyl sites for hydroxylation is 1. The zero-order chi connectivity index (χ0) is 21.1. The van der Waals surface area contributed by atoms with Gasteiger partial charge in [0.1, 0.15) is 6.54 Å². The second kappa shape index (κ2) is 8.89. The first-order chi connectivity index (χ1) is 14.5. The summed E-state index contributed by atoms with van der Waals surface area (Å²) >= 11 is 1.99. The molecule has 30 heavy (non-hydrogen) atoms. The Balaban J connectivity index is 1.45. The number of nitro benzene ring substituents is 1. The normalized spacial score (nSPS) is 14.7. The molecule has 0 bridgehead atoms. The van der Waals surface area contributed by atoms with Crippen molar-refractivity contribution in [1.29, 1.82) is 0 Å². The van der Waals surface area contributed by atoms with Crippen molar-refractivity contribution in [2.75, 3.05) is 29.9 Å². The van der Waals surface area contributed by atoms with Gasteiger partial charge in [-0.3, -0.25) is 19.8 Å². The number of thioether (sulfide) groups is 1. The van der Waals surface area contributed by atoms with E-state index in [-0.39, 0.29) is 18.1 Å². The highest BCUT2D eigenvalue weighted by atomic mass is 32.2. The first-order valence-electron chi connectivity index (χ1n) is 9.92. The van der Waals surface area contributed by atoms with Gasteiger partial charge in [-0.05, 0) is 36.2 Å². The van der Waals surface area contributed by atoms with E-state index in [1.807, 2.05) is 24.8 Å². The summed E-state index contributed by atoms with van der Waals surface area (Å²) in [5, 5.41) is 14.7. The van der Waals surface area contributed by atoms with Gasteiger partial charge in [-0.2, -0.15) is 11.8 Å². The van der Waals surface area contributed by atoms with Crippen molar-refractivity contribution in [1.82, 2.24) is 9.47 Å². The van der Waals surface area contributed by atoms with Gasteiger partial charge in [0.05, 0.1) is 4.92 Å². The number of hydrogen-bond acceptors (Lipinski definition) is 5. The number of aromatic nitrogens is 1. The molecule has 0 spiro atoms. The van der Waals surface area contributed by atoms with E-state index < -0.39 is 4.92 Å². The van der Waals surface area contributed by atoms with E-state index >= 15 is 0 Å². The number of rotatable bonds is 6. The molecular weight excluding hydrogens is 400 g/mol. The lowest BCUT2D eigenvalue weighted by atomic mass is 10.1. The fraction of sp³-hybridized carbons (Fsp3) is 0.318. The van der Waals surface area contributed by atoms with E-state index in [0.29, 0.717) is 0 Å². The molecule has 1 aliphatic rings. The molecule has 1 fully saturated rings. The van der Waals surface area contributed by atoms with Crippen LogP contribution in [0.15, 0.2) is 48.7 Å². The first kappa shape index (κ1) is 20.4. The lowest BCUT2D eigenvalue weighted by Crippen LogP contribution is -2.32. The number of nitrogens with zero attached hydrogens (tertiary/aromatic N) is 3. The van der Waals surface area contributed by atoms with E-state index in [2.05, 4.69) is 22.3 Å². The predicted octanol–water partition coefficient (Wildman–Crippen LogP) is 4.05. The molecule has 8 heteroatoms. The number of nitrogens with one attached hydrogen (secondary N) is 1. The molecule has 4 rings (SSSR count). The summed E-state index contributed by atoms with van der Waals surface area (Å²) in [5.74, 6) is 2.22. The van der Waals surface area contributed by atoms with Gasteiger partial charge in [-0.1, -0.05) is 12.1 Å². The number of carbonyl (C=O) groups excluding carboxylic acids is 1. The fourth-order valence-electron chi connectivity index (χ4n) is 3.70. The van der Waals surface area contributed by atoms with Crippen molar-refractivity contribution in [3.8, 4) is 0 Å². The van der Waals surface area contributed by atoms with Crippen LogP contribution in [0.2, 0.25) is 0 Å². The molecule has 0 saturated carbocycles. The number of amides is 1. The molecule has 0 atom stereocenters. The van der Waals surface area contributed by atoms with Crippen molar-refractivity contribution in [2.24, 2.45) is 0 Å². The summed E-state index contributed by atoms with van der Waals surface area (Å²) in [5.41, 5.74) is 3.89. The molecular formula is C22H24N4O3S. The molecule has 2 heterocycles. The Hall–Kier alpha value is -2.84. The first-order valence-corrected chi connectivity index (χ1v) is 11.1. The van der Waals surface area contributed by atoms with Crippen LogP contribution in [0.25, 0.3) is 10.9 Å². The van der Waals surface area contributed by atoms with Crippen molar-refractivity contribution >= 4 is 39.9 Å². The van der Waals surface area contributed by atoms with Gasteiger partial charge in [0, 0.05) is 66.1 Å². The maximum Gasteiger partial charge on any atom is 0.270 e. The fourth-order valence-corrected chi connectivity index (χ4v) is 4.68. The Morgan fingerprint density at radius 2 is 1.97 bits per heavy atom. The van der Waals surface area contributed by atoms with E-state index in [0.717, 1.165) is 41.8 Å². The summed E-state index contributed by atoms with van der Waals surface area (Å²) in [4.78, 5) is 25.7. The van der Waals surface area contributed by atoms with Gasteiger partial charge in [0.15, 0.2) is 0 Å². The van der Waals surface area contributed by atoms with Crippen LogP contribution in [0.1, 0.15) is 11.1 Å². The summed E-state index contributed by atoms with van der Waals surface area (Å²) < 4.78 is 1.80. The largest absolute Gasteiger partial charge is 0.338 e. The quantitative estimate of drug-likeness (QED) is 0.477.